The van der Waals surface area contributed by atoms with Gasteiger partial charge in [-0.3, -0.25) is 0 Å². The van der Waals surface area contributed by atoms with Crippen molar-refractivity contribution >= 4 is 0 Å². The molecule has 0 atom stereocenters. The number of aryl methyl sites for hydroxylation is 1. The van der Waals surface area contributed by atoms with Gasteiger partial charge in [0, 0.05) is 0 Å². The number of aromatic hydroxyl groups is 1. The highest BCUT2D eigenvalue weighted by Crippen LogP contribution is 2.32. The van der Waals surface area contributed by atoms with Crippen LogP contribution in [0.25, 0.3) is 0 Å². The highest BCUT2D eigenvalue weighted by atomic mass is 16.5. The summed E-state index contributed by atoms with van der Waals surface area (Å²) in [6, 6.07) is 14.3. The Morgan fingerprint density at radius 3 is 2.61 bits per heavy atom. The lowest BCUT2D eigenvalue weighted by atomic mass is 10.1. The van der Waals surface area contributed by atoms with E-state index in [4.69, 9.17) is 10.00 Å². The van der Waals surface area contributed by atoms with Crippen molar-refractivity contribution in [2.24, 2.45) is 0 Å². The molecule has 18 heavy (non-hydrogen) atoms. The zero-order valence-corrected chi connectivity index (χ0v) is 10.1. The fourth-order valence-corrected chi connectivity index (χ4v) is 1.64. The van der Waals surface area contributed by atoms with Gasteiger partial charge in [0.1, 0.15) is 11.8 Å². The predicted octanol–water partition coefficient (Wildman–Crippen LogP) is 3.62. The molecule has 0 bridgehead atoms. The Morgan fingerprint density at radius 1 is 1.17 bits per heavy atom. The van der Waals surface area contributed by atoms with Crippen LogP contribution in [0.2, 0.25) is 0 Å². The predicted molar refractivity (Wildman–Crippen MR) is 68.7 cm³/mol. The van der Waals surface area contributed by atoms with Crippen LogP contribution in [0.15, 0.2) is 42.5 Å². The Hall–Kier alpha value is -2.47. The van der Waals surface area contributed by atoms with E-state index in [0.29, 0.717) is 17.1 Å². The van der Waals surface area contributed by atoms with E-state index in [1.165, 1.54) is 0 Å². The molecule has 0 aliphatic carbocycles. The Kier molecular flexibility index (Phi) is 3.49. The number of phenolic OH excluding ortho intramolecular Hbond substituents is 1. The molecule has 0 aromatic heterocycles. The molecule has 2 aromatic carbocycles. The second-order valence-electron chi connectivity index (χ2n) is 3.87. The number of rotatable bonds is 3. The molecule has 0 saturated heterocycles. The van der Waals surface area contributed by atoms with Crippen LogP contribution in [0.4, 0.5) is 0 Å². The minimum absolute atomic E-state index is 0.0853. The summed E-state index contributed by atoms with van der Waals surface area (Å²) in [5.74, 6) is 0.886. The van der Waals surface area contributed by atoms with E-state index >= 15 is 0 Å². The quantitative estimate of drug-likeness (QED) is 0.890. The Balaban J connectivity index is 2.32. The summed E-state index contributed by atoms with van der Waals surface area (Å²) < 4.78 is 5.56. The van der Waals surface area contributed by atoms with Crippen LogP contribution >= 0.6 is 0 Å². The fraction of sp³-hybridized carbons (Fsp3) is 0.133. The average molecular weight is 239 g/mol. The van der Waals surface area contributed by atoms with Gasteiger partial charge in [0.15, 0.2) is 11.5 Å². The summed E-state index contributed by atoms with van der Waals surface area (Å²) in [6.07, 6.45) is 0.850. The molecule has 3 nitrogen and oxygen atoms in total. The monoisotopic (exact) mass is 239 g/mol. The third-order valence-corrected chi connectivity index (χ3v) is 2.66. The van der Waals surface area contributed by atoms with Gasteiger partial charge in [-0.2, -0.15) is 5.26 Å². The summed E-state index contributed by atoms with van der Waals surface area (Å²) in [5.41, 5.74) is 1.48. The Bertz CT molecular complexity index is 600. The van der Waals surface area contributed by atoms with E-state index in [1.54, 1.807) is 36.4 Å². The SMILES string of the molecule is CCc1ccc(Oc2ccccc2C#N)c(O)c1. The van der Waals surface area contributed by atoms with Gasteiger partial charge in [-0.15, -0.1) is 0 Å². The molecule has 0 aliphatic heterocycles. The van der Waals surface area contributed by atoms with Crippen LogP contribution in [-0.4, -0.2) is 5.11 Å². The lowest BCUT2D eigenvalue weighted by Crippen LogP contribution is -1.89. The molecule has 2 aromatic rings. The van der Waals surface area contributed by atoms with Gasteiger partial charge < -0.3 is 9.84 Å². The summed E-state index contributed by atoms with van der Waals surface area (Å²) >= 11 is 0. The van der Waals surface area contributed by atoms with Crippen LogP contribution in [0, 0.1) is 11.3 Å². The van der Waals surface area contributed by atoms with Crippen molar-refractivity contribution in [2.45, 2.75) is 13.3 Å². The number of hydrogen-bond acceptors (Lipinski definition) is 3. The van der Waals surface area contributed by atoms with E-state index in [2.05, 4.69) is 6.07 Å². The standard InChI is InChI=1S/C15H13NO2/c1-2-11-7-8-15(13(17)9-11)18-14-6-4-3-5-12(14)10-16/h3-9,17H,2H2,1H3. The first kappa shape index (κ1) is 12.0. The summed E-state index contributed by atoms with van der Waals surface area (Å²) in [5, 5.41) is 18.8. The van der Waals surface area contributed by atoms with Crippen LogP contribution in [-0.2, 0) is 6.42 Å². The molecule has 0 spiro atoms. The maximum absolute atomic E-state index is 9.84. The maximum atomic E-state index is 9.84. The zero-order valence-electron chi connectivity index (χ0n) is 10.1. The topological polar surface area (TPSA) is 53.2 Å². The highest BCUT2D eigenvalue weighted by Gasteiger charge is 2.07. The lowest BCUT2D eigenvalue weighted by Gasteiger charge is -2.09. The van der Waals surface area contributed by atoms with Gasteiger partial charge in [0.2, 0.25) is 0 Å². The molecule has 0 amide bonds. The number of ether oxygens (including phenoxy) is 1. The molecule has 2 rings (SSSR count). The van der Waals surface area contributed by atoms with Gasteiger partial charge in [0.25, 0.3) is 0 Å². The normalized spacial score (nSPS) is 9.78. The molecular formula is C15H13NO2. The van der Waals surface area contributed by atoms with Crippen LogP contribution in [0.5, 0.6) is 17.2 Å². The summed E-state index contributed by atoms with van der Waals surface area (Å²) in [7, 11) is 0. The average Bonchev–Trinajstić information content (AvgIpc) is 2.41. The minimum Gasteiger partial charge on any atom is -0.504 e. The van der Waals surface area contributed by atoms with E-state index < -0.39 is 0 Å². The first-order chi connectivity index (χ1) is 8.74. The molecule has 0 aliphatic rings. The van der Waals surface area contributed by atoms with E-state index in [-0.39, 0.29) is 5.75 Å². The van der Waals surface area contributed by atoms with Gasteiger partial charge in [-0.1, -0.05) is 25.1 Å². The van der Waals surface area contributed by atoms with E-state index in [1.807, 2.05) is 13.0 Å². The molecule has 1 N–H and O–H groups in total. The molecule has 0 unspecified atom stereocenters. The number of hydrogen-bond donors (Lipinski definition) is 1. The molecule has 0 fully saturated rings. The van der Waals surface area contributed by atoms with E-state index in [9.17, 15) is 5.11 Å². The minimum atomic E-state index is 0.0853. The first-order valence-electron chi connectivity index (χ1n) is 5.73. The van der Waals surface area contributed by atoms with Crippen molar-refractivity contribution in [3.8, 4) is 23.3 Å². The Labute approximate surface area is 106 Å². The third-order valence-electron chi connectivity index (χ3n) is 2.66. The van der Waals surface area contributed by atoms with Gasteiger partial charge in [0.05, 0.1) is 5.56 Å². The van der Waals surface area contributed by atoms with E-state index in [0.717, 1.165) is 12.0 Å². The smallest absolute Gasteiger partial charge is 0.169 e. The molecule has 0 heterocycles. The van der Waals surface area contributed by atoms with Gasteiger partial charge in [-0.05, 0) is 36.2 Å². The highest BCUT2D eigenvalue weighted by molar-refractivity contribution is 5.49. The second kappa shape index (κ2) is 5.24. The number of phenols is 1. The van der Waals surface area contributed by atoms with Crippen molar-refractivity contribution < 1.29 is 9.84 Å². The number of nitriles is 1. The van der Waals surface area contributed by atoms with Crippen LogP contribution in [0.3, 0.4) is 0 Å². The number of benzene rings is 2. The van der Waals surface area contributed by atoms with Gasteiger partial charge in [-0.25, -0.2) is 0 Å². The first-order valence-corrected chi connectivity index (χ1v) is 5.73. The second-order valence-corrected chi connectivity index (χ2v) is 3.87. The fourth-order valence-electron chi connectivity index (χ4n) is 1.64. The van der Waals surface area contributed by atoms with Crippen LogP contribution in [0.1, 0.15) is 18.1 Å². The van der Waals surface area contributed by atoms with Crippen molar-refractivity contribution in [2.75, 3.05) is 0 Å². The van der Waals surface area contributed by atoms with Gasteiger partial charge >= 0.3 is 0 Å². The zero-order chi connectivity index (χ0) is 13.0. The van der Waals surface area contributed by atoms with Crippen molar-refractivity contribution in [1.29, 1.82) is 5.26 Å². The van der Waals surface area contributed by atoms with Crippen molar-refractivity contribution in [1.82, 2.24) is 0 Å². The summed E-state index contributed by atoms with van der Waals surface area (Å²) in [4.78, 5) is 0. The van der Waals surface area contributed by atoms with Crippen molar-refractivity contribution in [3.63, 3.8) is 0 Å². The van der Waals surface area contributed by atoms with Crippen molar-refractivity contribution in [3.05, 3.63) is 53.6 Å². The third kappa shape index (κ3) is 2.44. The largest absolute Gasteiger partial charge is 0.504 e. The molecule has 90 valence electrons. The number of nitrogens with zero attached hydrogens (tertiary/aromatic N) is 1. The molecule has 0 saturated carbocycles. The lowest BCUT2D eigenvalue weighted by molar-refractivity contribution is 0.410. The molecule has 0 radical (unpaired) electrons. The molecular weight excluding hydrogens is 226 g/mol. The van der Waals surface area contributed by atoms with Crippen LogP contribution < -0.4 is 4.74 Å². The number of para-hydroxylation sites is 1. The Morgan fingerprint density at radius 2 is 1.94 bits per heavy atom. The summed E-state index contributed by atoms with van der Waals surface area (Å²) in [6.45, 7) is 2.01. The molecule has 3 heteroatoms. The maximum Gasteiger partial charge on any atom is 0.169 e.